The molecule has 0 fully saturated rings. The van der Waals surface area contributed by atoms with Crippen LogP contribution in [0.3, 0.4) is 0 Å². The number of imidazole rings is 1. The summed E-state index contributed by atoms with van der Waals surface area (Å²) in [5.74, 6) is 1.82. The zero-order valence-corrected chi connectivity index (χ0v) is 14.6. The van der Waals surface area contributed by atoms with Crippen molar-refractivity contribution in [2.45, 2.75) is 13.1 Å². The highest BCUT2D eigenvalue weighted by atomic mass is 16.5. The monoisotopic (exact) mass is 337 g/mol. The van der Waals surface area contributed by atoms with Crippen LogP contribution in [-0.2, 0) is 13.1 Å². The SMILES string of the molecule is CN(C)c1ccc(NCc2cccc(OCCn3ccnc3)c2)cn1. The maximum Gasteiger partial charge on any atom is 0.128 e. The molecule has 0 saturated heterocycles. The molecule has 0 saturated carbocycles. The second-order valence-corrected chi connectivity index (χ2v) is 5.95. The molecule has 0 aliphatic rings. The number of nitrogens with zero attached hydrogens (tertiary/aromatic N) is 4. The lowest BCUT2D eigenvalue weighted by molar-refractivity contribution is 0.298. The summed E-state index contributed by atoms with van der Waals surface area (Å²) < 4.78 is 7.82. The van der Waals surface area contributed by atoms with Crippen molar-refractivity contribution in [1.29, 1.82) is 0 Å². The van der Waals surface area contributed by atoms with Gasteiger partial charge < -0.3 is 19.5 Å². The van der Waals surface area contributed by atoms with Crippen molar-refractivity contribution in [3.63, 3.8) is 0 Å². The van der Waals surface area contributed by atoms with Crippen molar-refractivity contribution in [2.24, 2.45) is 0 Å². The van der Waals surface area contributed by atoms with Crippen molar-refractivity contribution in [1.82, 2.24) is 14.5 Å². The molecule has 0 unspecified atom stereocenters. The fourth-order valence-corrected chi connectivity index (χ4v) is 2.39. The van der Waals surface area contributed by atoms with E-state index in [4.69, 9.17) is 4.74 Å². The Labute approximate surface area is 148 Å². The molecule has 3 aromatic rings. The van der Waals surface area contributed by atoms with Gasteiger partial charge in [-0.1, -0.05) is 12.1 Å². The van der Waals surface area contributed by atoms with Crippen LogP contribution in [0, 0.1) is 0 Å². The minimum Gasteiger partial charge on any atom is -0.492 e. The Kier molecular flexibility index (Phi) is 5.51. The van der Waals surface area contributed by atoms with Crippen molar-refractivity contribution in [3.05, 3.63) is 66.9 Å². The van der Waals surface area contributed by atoms with Gasteiger partial charge in [-0.15, -0.1) is 0 Å². The number of pyridine rings is 1. The van der Waals surface area contributed by atoms with Gasteiger partial charge >= 0.3 is 0 Å². The van der Waals surface area contributed by atoms with E-state index in [1.807, 2.05) is 60.2 Å². The highest BCUT2D eigenvalue weighted by molar-refractivity contribution is 5.48. The molecule has 2 heterocycles. The number of anilines is 2. The topological polar surface area (TPSA) is 55.2 Å². The summed E-state index contributed by atoms with van der Waals surface area (Å²) in [5.41, 5.74) is 2.16. The quantitative estimate of drug-likeness (QED) is 0.685. The summed E-state index contributed by atoms with van der Waals surface area (Å²) in [6, 6.07) is 12.2. The Hall–Kier alpha value is -3.02. The first-order valence-corrected chi connectivity index (χ1v) is 8.25. The van der Waals surface area contributed by atoms with Crippen LogP contribution < -0.4 is 15.0 Å². The third kappa shape index (κ3) is 4.97. The Morgan fingerprint density at radius 2 is 2.12 bits per heavy atom. The Bertz CT molecular complexity index is 769. The lowest BCUT2D eigenvalue weighted by atomic mass is 10.2. The molecule has 130 valence electrons. The summed E-state index contributed by atoms with van der Waals surface area (Å²) in [5, 5.41) is 3.38. The molecule has 0 spiro atoms. The third-order valence-corrected chi connectivity index (χ3v) is 3.78. The van der Waals surface area contributed by atoms with Gasteiger partial charge in [0.15, 0.2) is 0 Å². The summed E-state index contributed by atoms with van der Waals surface area (Å²) in [4.78, 5) is 10.4. The molecular formula is C19H23N5O. The lowest BCUT2D eigenvalue weighted by Crippen LogP contribution is -2.10. The first-order valence-electron chi connectivity index (χ1n) is 8.25. The Balaban J connectivity index is 1.50. The van der Waals surface area contributed by atoms with E-state index in [0.29, 0.717) is 6.61 Å². The average molecular weight is 337 g/mol. The molecule has 0 aliphatic heterocycles. The fourth-order valence-electron chi connectivity index (χ4n) is 2.39. The summed E-state index contributed by atoms with van der Waals surface area (Å²) >= 11 is 0. The number of rotatable bonds is 8. The predicted molar refractivity (Wildman–Crippen MR) is 100 cm³/mol. The van der Waals surface area contributed by atoms with Gasteiger partial charge in [-0.3, -0.25) is 0 Å². The number of aromatic nitrogens is 3. The Morgan fingerprint density at radius 1 is 1.20 bits per heavy atom. The largest absolute Gasteiger partial charge is 0.492 e. The summed E-state index contributed by atoms with van der Waals surface area (Å²) in [6.45, 7) is 2.12. The van der Waals surface area contributed by atoms with Gasteiger partial charge in [-0.05, 0) is 29.8 Å². The van der Waals surface area contributed by atoms with E-state index in [2.05, 4.69) is 27.4 Å². The second-order valence-electron chi connectivity index (χ2n) is 5.95. The van der Waals surface area contributed by atoms with Crippen LogP contribution in [0.1, 0.15) is 5.56 Å². The fraction of sp³-hybridized carbons (Fsp3) is 0.263. The molecule has 3 rings (SSSR count). The molecule has 0 atom stereocenters. The normalized spacial score (nSPS) is 10.5. The molecular weight excluding hydrogens is 314 g/mol. The molecule has 1 aromatic carbocycles. The number of hydrogen-bond acceptors (Lipinski definition) is 5. The smallest absolute Gasteiger partial charge is 0.128 e. The second kappa shape index (κ2) is 8.19. The summed E-state index contributed by atoms with van der Waals surface area (Å²) in [7, 11) is 3.96. The van der Waals surface area contributed by atoms with Crippen molar-refractivity contribution in [2.75, 3.05) is 30.9 Å². The van der Waals surface area contributed by atoms with Gasteiger partial charge in [0.25, 0.3) is 0 Å². The van der Waals surface area contributed by atoms with Gasteiger partial charge in [-0.2, -0.15) is 0 Å². The van der Waals surface area contributed by atoms with Gasteiger partial charge in [0.1, 0.15) is 18.2 Å². The molecule has 0 aliphatic carbocycles. The molecule has 0 bridgehead atoms. The highest BCUT2D eigenvalue weighted by Gasteiger charge is 2.00. The van der Waals surface area contributed by atoms with Crippen LogP contribution >= 0.6 is 0 Å². The standard InChI is InChI=1S/C19H23N5O/c1-23(2)19-7-6-17(14-22-19)21-13-16-4-3-5-18(12-16)25-11-10-24-9-8-20-15-24/h3-9,12,14-15,21H,10-11,13H2,1-2H3. The number of nitrogens with one attached hydrogen (secondary N) is 1. The van der Waals surface area contributed by atoms with Gasteiger partial charge in [0.05, 0.1) is 24.8 Å². The molecule has 0 amide bonds. The van der Waals surface area contributed by atoms with E-state index in [-0.39, 0.29) is 0 Å². The first kappa shape index (κ1) is 16.8. The Morgan fingerprint density at radius 3 is 2.84 bits per heavy atom. The van der Waals surface area contributed by atoms with E-state index in [1.165, 1.54) is 0 Å². The predicted octanol–water partition coefficient (Wildman–Crippen LogP) is 3.04. The minimum atomic E-state index is 0.614. The van der Waals surface area contributed by atoms with Crippen LogP contribution in [0.15, 0.2) is 61.3 Å². The number of hydrogen-bond donors (Lipinski definition) is 1. The molecule has 2 aromatic heterocycles. The average Bonchev–Trinajstić information content (AvgIpc) is 3.14. The van der Waals surface area contributed by atoms with Crippen LogP contribution in [0.5, 0.6) is 5.75 Å². The lowest BCUT2D eigenvalue weighted by Gasteiger charge is -2.12. The van der Waals surface area contributed by atoms with E-state index in [9.17, 15) is 0 Å². The van der Waals surface area contributed by atoms with E-state index in [1.54, 1.807) is 12.5 Å². The first-order chi connectivity index (χ1) is 12.2. The van der Waals surface area contributed by atoms with Gasteiger partial charge in [0.2, 0.25) is 0 Å². The molecule has 25 heavy (non-hydrogen) atoms. The minimum absolute atomic E-state index is 0.614. The molecule has 1 N–H and O–H groups in total. The zero-order valence-electron chi connectivity index (χ0n) is 14.6. The van der Waals surface area contributed by atoms with Gasteiger partial charge in [0, 0.05) is 33.0 Å². The van der Waals surface area contributed by atoms with Crippen molar-refractivity contribution in [3.8, 4) is 5.75 Å². The van der Waals surface area contributed by atoms with Crippen molar-refractivity contribution >= 4 is 11.5 Å². The molecule has 0 radical (unpaired) electrons. The van der Waals surface area contributed by atoms with Crippen LogP contribution in [-0.4, -0.2) is 35.2 Å². The highest BCUT2D eigenvalue weighted by Crippen LogP contribution is 2.16. The van der Waals surface area contributed by atoms with E-state index >= 15 is 0 Å². The van der Waals surface area contributed by atoms with E-state index in [0.717, 1.165) is 35.9 Å². The third-order valence-electron chi connectivity index (χ3n) is 3.78. The van der Waals surface area contributed by atoms with Gasteiger partial charge in [-0.25, -0.2) is 9.97 Å². The summed E-state index contributed by atoms with van der Waals surface area (Å²) in [6.07, 6.45) is 7.34. The van der Waals surface area contributed by atoms with Crippen LogP contribution in [0.4, 0.5) is 11.5 Å². The van der Waals surface area contributed by atoms with Crippen molar-refractivity contribution < 1.29 is 4.74 Å². The maximum atomic E-state index is 5.82. The zero-order chi connectivity index (χ0) is 17.5. The number of ether oxygens (including phenoxy) is 1. The molecule has 6 heteroatoms. The van der Waals surface area contributed by atoms with Crippen LogP contribution in [0.25, 0.3) is 0 Å². The molecule has 6 nitrogen and oxygen atoms in total. The maximum absolute atomic E-state index is 5.82. The number of benzene rings is 1. The van der Waals surface area contributed by atoms with E-state index < -0.39 is 0 Å². The van der Waals surface area contributed by atoms with Crippen LogP contribution in [0.2, 0.25) is 0 Å².